The minimum Gasteiger partial charge on any atom is -0.497 e. The maximum atomic E-state index is 11.3. The molecule has 1 amide bonds. The Hall–Kier alpha value is -2.56. The largest absolute Gasteiger partial charge is 0.497 e. The fraction of sp³-hybridized carbons (Fsp3) is 0.250. The first-order valence-corrected chi connectivity index (χ1v) is 6.81. The van der Waals surface area contributed by atoms with E-state index in [0.29, 0.717) is 0 Å². The lowest BCUT2D eigenvalue weighted by molar-refractivity contribution is -0.119. The summed E-state index contributed by atoms with van der Waals surface area (Å²) in [4.78, 5) is 19.1. The molecule has 2 N–H and O–H groups in total. The second kappa shape index (κ2) is 5.09. The van der Waals surface area contributed by atoms with Crippen LogP contribution in [0.1, 0.15) is 25.6 Å². The van der Waals surface area contributed by atoms with Crippen LogP contribution in [-0.4, -0.2) is 23.0 Å². The van der Waals surface area contributed by atoms with Crippen LogP contribution < -0.4 is 10.1 Å². The number of rotatable bonds is 3. The molecule has 0 bridgehead atoms. The SMILES string of the molecule is COc1ccc2[nH]c3c([C@@H](C)NC(C)=O)nccc3c2c1. The van der Waals surface area contributed by atoms with E-state index in [1.807, 2.05) is 31.2 Å². The minimum atomic E-state index is -0.152. The molecular weight excluding hydrogens is 266 g/mol. The number of aromatic amines is 1. The van der Waals surface area contributed by atoms with E-state index in [2.05, 4.69) is 15.3 Å². The predicted molar refractivity (Wildman–Crippen MR) is 82.4 cm³/mol. The highest BCUT2D eigenvalue weighted by molar-refractivity contribution is 6.08. The van der Waals surface area contributed by atoms with E-state index in [1.54, 1.807) is 13.3 Å². The van der Waals surface area contributed by atoms with E-state index in [0.717, 1.165) is 33.2 Å². The maximum Gasteiger partial charge on any atom is 0.217 e. The Morgan fingerprint density at radius 1 is 1.33 bits per heavy atom. The standard InChI is InChI=1S/C16H17N3O2/c1-9(18-10(2)20)15-16-12(6-7-17-15)13-8-11(21-3)4-5-14(13)19-16/h4-9,19H,1-3H3,(H,18,20)/t9-/m1/s1. The van der Waals surface area contributed by atoms with E-state index < -0.39 is 0 Å². The number of carbonyl (C=O) groups excluding carboxylic acids is 1. The van der Waals surface area contributed by atoms with E-state index in [9.17, 15) is 4.79 Å². The lowest BCUT2D eigenvalue weighted by atomic mass is 10.1. The van der Waals surface area contributed by atoms with Crippen LogP contribution in [-0.2, 0) is 4.79 Å². The Morgan fingerprint density at radius 3 is 2.86 bits per heavy atom. The number of nitrogens with zero attached hydrogens (tertiary/aromatic N) is 1. The van der Waals surface area contributed by atoms with Gasteiger partial charge >= 0.3 is 0 Å². The average Bonchev–Trinajstić information content (AvgIpc) is 2.83. The first-order valence-electron chi connectivity index (χ1n) is 6.81. The highest BCUT2D eigenvalue weighted by atomic mass is 16.5. The lowest BCUT2D eigenvalue weighted by Crippen LogP contribution is -2.24. The van der Waals surface area contributed by atoms with Gasteiger partial charge < -0.3 is 15.0 Å². The van der Waals surface area contributed by atoms with Gasteiger partial charge in [-0.2, -0.15) is 0 Å². The normalized spacial score (nSPS) is 12.5. The van der Waals surface area contributed by atoms with Crippen molar-refractivity contribution >= 4 is 27.7 Å². The van der Waals surface area contributed by atoms with Gasteiger partial charge in [0.2, 0.25) is 5.91 Å². The number of fused-ring (bicyclic) bond motifs is 3. The molecule has 2 aromatic heterocycles. The van der Waals surface area contributed by atoms with Gasteiger partial charge in [-0.1, -0.05) is 0 Å². The maximum absolute atomic E-state index is 11.3. The summed E-state index contributed by atoms with van der Waals surface area (Å²) in [5.41, 5.74) is 2.80. The lowest BCUT2D eigenvalue weighted by Gasteiger charge is -2.12. The summed E-state index contributed by atoms with van der Waals surface area (Å²) in [6.45, 7) is 3.43. The third-order valence-corrected chi connectivity index (χ3v) is 3.59. The molecule has 0 unspecified atom stereocenters. The number of methoxy groups -OCH3 is 1. The van der Waals surface area contributed by atoms with E-state index in [-0.39, 0.29) is 11.9 Å². The number of pyridine rings is 1. The van der Waals surface area contributed by atoms with Gasteiger partial charge in [-0.25, -0.2) is 0 Å². The molecule has 3 aromatic rings. The van der Waals surface area contributed by atoms with Gasteiger partial charge in [0, 0.05) is 29.4 Å². The van der Waals surface area contributed by atoms with Crippen LogP contribution in [0.2, 0.25) is 0 Å². The van der Waals surface area contributed by atoms with Gasteiger partial charge in [-0.3, -0.25) is 9.78 Å². The van der Waals surface area contributed by atoms with Crippen LogP contribution >= 0.6 is 0 Å². The molecule has 0 saturated carbocycles. The number of hydrogen-bond acceptors (Lipinski definition) is 3. The number of H-pyrrole nitrogens is 1. The predicted octanol–water partition coefficient (Wildman–Crippen LogP) is 2.92. The topological polar surface area (TPSA) is 67.0 Å². The molecule has 0 aliphatic carbocycles. The number of carbonyl (C=O) groups is 1. The van der Waals surface area contributed by atoms with Gasteiger partial charge in [0.1, 0.15) is 5.75 Å². The highest BCUT2D eigenvalue weighted by Crippen LogP contribution is 2.31. The van der Waals surface area contributed by atoms with Crippen LogP contribution in [0.15, 0.2) is 30.5 Å². The molecule has 0 saturated heterocycles. The van der Waals surface area contributed by atoms with Crippen molar-refractivity contribution in [2.24, 2.45) is 0 Å². The van der Waals surface area contributed by atoms with Crippen LogP contribution in [0.3, 0.4) is 0 Å². The van der Waals surface area contributed by atoms with Crippen molar-refractivity contribution in [1.29, 1.82) is 0 Å². The molecule has 0 aliphatic rings. The van der Waals surface area contributed by atoms with Crippen molar-refractivity contribution in [2.45, 2.75) is 19.9 Å². The number of aromatic nitrogens is 2. The molecule has 108 valence electrons. The third-order valence-electron chi connectivity index (χ3n) is 3.59. The molecule has 3 rings (SSSR count). The van der Waals surface area contributed by atoms with Crippen LogP contribution in [0.5, 0.6) is 5.75 Å². The van der Waals surface area contributed by atoms with E-state index in [1.165, 1.54) is 6.92 Å². The third kappa shape index (κ3) is 2.31. The van der Waals surface area contributed by atoms with Crippen molar-refractivity contribution in [3.8, 4) is 5.75 Å². The molecule has 5 nitrogen and oxygen atoms in total. The first-order chi connectivity index (χ1) is 10.1. The molecule has 1 aromatic carbocycles. The molecule has 0 spiro atoms. The molecule has 1 atom stereocenters. The van der Waals surface area contributed by atoms with E-state index >= 15 is 0 Å². The van der Waals surface area contributed by atoms with Crippen LogP contribution in [0.25, 0.3) is 21.8 Å². The van der Waals surface area contributed by atoms with E-state index in [4.69, 9.17) is 4.74 Å². The van der Waals surface area contributed by atoms with Crippen molar-refractivity contribution in [3.05, 3.63) is 36.2 Å². The zero-order chi connectivity index (χ0) is 15.0. The summed E-state index contributed by atoms with van der Waals surface area (Å²) in [6.07, 6.45) is 1.77. The Kier molecular flexibility index (Phi) is 3.25. The minimum absolute atomic E-state index is 0.0703. The zero-order valence-electron chi connectivity index (χ0n) is 12.2. The molecule has 0 aliphatic heterocycles. The number of hydrogen-bond donors (Lipinski definition) is 2. The highest BCUT2D eigenvalue weighted by Gasteiger charge is 2.15. The summed E-state index contributed by atoms with van der Waals surface area (Å²) < 4.78 is 5.28. The molecule has 21 heavy (non-hydrogen) atoms. The zero-order valence-corrected chi connectivity index (χ0v) is 12.2. The van der Waals surface area contributed by atoms with Crippen LogP contribution in [0, 0.1) is 0 Å². The van der Waals surface area contributed by atoms with Gasteiger partial charge in [-0.15, -0.1) is 0 Å². The van der Waals surface area contributed by atoms with Crippen molar-refractivity contribution < 1.29 is 9.53 Å². The average molecular weight is 283 g/mol. The smallest absolute Gasteiger partial charge is 0.217 e. The fourth-order valence-corrected chi connectivity index (χ4v) is 2.65. The Bertz CT molecular complexity index is 823. The van der Waals surface area contributed by atoms with Crippen LogP contribution in [0.4, 0.5) is 0 Å². The molecular formula is C16H17N3O2. The number of amides is 1. The fourth-order valence-electron chi connectivity index (χ4n) is 2.65. The summed E-state index contributed by atoms with van der Waals surface area (Å²) in [5.74, 6) is 0.746. The summed E-state index contributed by atoms with van der Waals surface area (Å²) in [6, 6.07) is 7.72. The molecule has 0 radical (unpaired) electrons. The van der Waals surface area contributed by atoms with Crippen molar-refractivity contribution in [3.63, 3.8) is 0 Å². The monoisotopic (exact) mass is 283 g/mol. The second-order valence-corrected chi connectivity index (χ2v) is 5.08. The number of ether oxygens (including phenoxy) is 1. The summed E-state index contributed by atoms with van der Waals surface area (Å²) in [7, 11) is 1.65. The Balaban J connectivity index is 2.21. The number of nitrogens with one attached hydrogen (secondary N) is 2. The Labute approximate surface area is 122 Å². The molecule has 0 fully saturated rings. The molecule has 5 heteroatoms. The first kappa shape index (κ1) is 13.4. The summed E-state index contributed by atoms with van der Waals surface area (Å²) >= 11 is 0. The molecule has 2 heterocycles. The van der Waals surface area contributed by atoms with Gasteiger partial charge in [0.15, 0.2) is 0 Å². The van der Waals surface area contributed by atoms with Crippen molar-refractivity contribution in [2.75, 3.05) is 7.11 Å². The second-order valence-electron chi connectivity index (χ2n) is 5.08. The van der Waals surface area contributed by atoms with Gasteiger partial charge in [0.25, 0.3) is 0 Å². The van der Waals surface area contributed by atoms with Crippen molar-refractivity contribution in [1.82, 2.24) is 15.3 Å². The van der Waals surface area contributed by atoms with Gasteiger partial charge in [-0.05, 0) is 31.2 Å². The summed E-state index contributed by atoms with van der Waals surface area (Å²) in [5, 5.41) is 5.03. The van der Waals surface area contributed by atoms with Gasteiger partial charge in [0.05, 0.1) is 24.4 Å². The quantitative estimate of drug-likeness (QED) is 0.776. The Morgan fingerprint density at radius 2 is 2.14 bits per heavy atom. The number of benzene rings is 1.